The summed E-state index contributed by atoms with van der Waals surface area (Å²) in [5, 5.41) is 0. The first kappa shape index (κ1) is 16.9. The van der Waals surface area contributed by atoms with Gasteiger partial charge in [-0.25, -0.2) is 4.39 Å². The van der Waals surface area contributed by atoms with Crippen molar-refractivity contribution in [2.24, 2.45) is 0 Å². The van der Waals surface area contributed by atoms with Crippen molar-refractivity contribution in [2.45, 2.75) is 26.0 Å². The molecule has 1 aromatic rings. The molecule has 0 aliphatic carbocycles. The minimum Gasteiger partial charge on any atom is -0.368 e. The highest BCUT2D eigenvalue weighted by Crippen LogP contribution is 2.17. The molecule has 3 nitrogen and oxygen atoms in total. The topological polar surface area (TPSA) is 29.5 Å². The summed E-state index contributed by atoms with van der Waals surface area (Å²) in [5.41, 5.74) is 0.466. The van der Waals surface area contributed by atoms with Crippen molar-refractivity contribution < 1.29 is 13.9 Å². The molecule has 0 aliphatic rings. The van der Waals surface area contributed by atoms with Crippen LogP contribution in [0.25, 0.3) is 0 Å². The number of hydrogen-bond acceptors (Lipinski definition) is 2. The molecule has 5 heteroatoms. The Morgan fingerprint density at radius 2 is 2.30 bits per heavy atom. The lowest BCUT2D eigenvalue weighted by Crippen LogP contribution is -2.36. The fourth-order valence-electron chi connectivity index (χ4n) is 1.71. The van der Waals surface area contributed by atoms with Gasteiger partial charge in [0.15, 0.2) is 0 Å². The Balaban J connectivity index is 2.60. The molecule has 0 fully saturated rings. The molecule has 0 aliphatic heterocycles. The molecule has 0 saturated heterocycles. The van der Waals surface area contributed by atoms with E-state index in [-0.39, 0.29) is 18.3 Å². The summed E-state index contributed by atoms with van der Waals surface area (Å²) in [6, 6.07) is 4.67. The minimum atomic E-state index is -0.546. The zero-order valence-electron chi connectivity index (χ0n) is 11.7. The smallest absolute Gasteiger partial charge is 0.251 e. The summed E-state index contributed by atoms with van der Waals surface area (Å²) in [6.45, 7) is 5.94. The summed E-state index contributed by atoms with van der Waals surface area (Å²) in [6.07, 6.45) is 1.88. The number of halogens is 2. The predicted molar refractivity (Wildman–Crippen MR) is 80.8 cm³/mol. The molecule has 110 valence electrons. The van der Waals surface area contributed by atoms with E-state index in [4.69, 9.17) is 4.74 Å². The normalized spacial score (nSPS) is 12.0. The van der Waals surface area contributed by atoms with Gasteiger partial charge in [-0.05, 0) is 31.5 Å². The third-order valence-corrected chi connectivity index (χ3v) is 3.32. The van der Waals surface area contributed by atoms with Crippen molar-refractivity contribution >= 4 is 21.8 Å². The van der Waals surface area contributed by atoms with Gasteiger partial charge in [0.1, 0.15) is 11.9 Å². The number of benzene rings is 1. The number of likely N-dealkylation sites (N-methyl/N-ethyl adjacent to an activating group) is 1. The van der Waals surface area contributed by atoms with Crippen LogP contribution in [-0.4, -0.2) is 30.6 Å². The van der Waals surface area contributed by atoms with E-state index in [2.05, 4.69) is 22.5 Å². The Hall–Kier alpha value is -1.20. The minimum absolute atomic E-state index is 0.173. The van der Waals surface area contributed by atoms with Gasteiger partial charge >= 0.3 is 0 Å². The van der Waals surface area contributed by atoms with E-state index in [1.54, 1.807) is 32.2 Å². The summed E-state index contributed by atoms with van der Waals surface area (Å²) in [4.78, 5) is 13.5. The average molecular weight is 344 g/mol. The van der Waals surface area contributed by atoms with Crippen LogP contribution in [-0.2, 0) is 16.1 Å². The van der Waals surface area contributed by atoms with Gasteiger partial charge < -0.3 is 9.64 Å². The second-order valence-corrected chi connectivity index (χ2v) is 5.44. The molecule has 0 aromatic heterocycles. The Kier molecular flexibility index (Phi) is 6.88. The largest absolute Gasteiger partial charge is 0.368 e. The molecule has 1 rings (SSSR count). The van der Waals surface area contributed by atoms with Gasteiger partial charge in [0.25, 0.3) is 5.91 Å². The van der Waals surface area contributed by atoms with Gasteiger partial charge in [0, 0.05) is 23.6 Å². The van der Waals surface area contributed by atoms with Gasteiger partial charge in [0.05, 0.1) is 6.61 Å². The first-order valence-electron chi connectivity index (χ1n) is 6.37. The molecule has 0 bridgehead atoms. The maximum atomic E-state index is 13.6. The Morgan fingerprint density at radius 1 is 1.60 bits per heavy atom. The molecule has 0 N–H and O–H groups in total. The van der Waals surface area contributed by atoms with Crippen molar-refractivity contribution in [3.8, 4) is 0 Å². The predicted octanol–water partition coefficient (Wildman–Crippen LogP) is 3.53. The Bertz CT molecular complexity index is 479. The number of ether oxygens (including phenoxy) is 1. The highest BCUT2D eigenvalue weighted by atomic mass is 79.9. The van der Waals surface area contributed by atoms with Crippen molar-refractivity contribution in [3.05, 3.63) is 46.7 Å². The van der Waals surface area contributed by atoms with Crippen LogP contribution < -0.4 is 0 Å². The van der Waals surface area contributed by atoms with Crippen LogP contribution in [0.2, 0.25) is 0 Å². The van der Waals surface area contributed by atoms with E-state index in [0.29, 0.717) is 18.6 Å². The van der Waals surface area contributed by atoms with E-state index in [1.165, 1.54) is 11.0 Å². The lowest BCUT2D eigenvalue weighted by Gasteiger charge is -2.22. The Labute approximate surface area is 127 Å². The van der Waals surface area contributed by atoms with Crippen LogP contribution >= 0.6 is 15.9 Å². The lowest BCUT2D eigenvalue weighted by molar-refractivity contribution is -0.141. The number of hydrogen-bond donors (Lipinski definition) is 0. The molecule has 1 atom stereocenters. The van der Waals surface area contributed by atoms with Crippen LogP contribution in [0.4, 0.5) is 4.39 Å². The molecular weight excluding hydrogens is 325 g/mol. The van der Waals surface area contributed by atoms with Crippen LogP contribution in [0.5, 0.6) is 0 Å². The molecular formula is C15H19BrFNO2. The maximum Gasteiger partial charge on any atom is 0.251 e. The van der Waals surface area contributed by atoms with E-state index >= 15 is 0 Å². The van der Waals surface area contributed by atoms with E-state index in [0.717, 1.165) is 4.47 Å². The van der Waals surface area contributed by atoms with Gasteiger partial charge in [-0.2, -0.15) is 0 Å². The highest BCUT2D eigenvalue weighted by molar-refractivity contribution is 9.10. The van der Waals surface area contributed by atoms with Crippen molar-refractivity contribution in [2.75, 3.05) is 13.7 Å². The molecule has 0 spiro atoms. The Morgan fingerprint density at radius 3 is 2.95 bits per heavy atom. The van der Waals surface area contributed by atoms with Crippen molar-refractivity contribution in [1.82, 2.24) is 4.90 Å². The van der Waals surface area contributed by atoms with Gasteiger partial charge in [-0.1, -0.05) is 22.0 Å². The van der Waals surface area contributed by atoms with Gasteiger partial charge in [0.2, 0.25) is 0 Å². The van der Waals surface area contributed by atoms with Crippen molar-refractivity contribution in [1.29, 1.82) is 0 Å². The zero-order chi connectivity index (χ0) is 15.1. The number of carbonyl (C=O) groups excluding carboxylic acids is 1. The molecule has 1 aromatic carbocycles. The van der Waals surface area contributed by atoms with Crippen LogP contribution in [0.1, 0.15) is 18.9 Å². The van der Waals surface area contributed by atoms with Crippen LogP contribution in [0.15, 0.2) is 35.3 Å². The number of amides is 1. The first-order valence-corrected chi connectivity index (χ1v) is 7.16. The third kappa shape index (κ3) is 5.06. The summed E-state index contributed by atoms with van der Waals surface area (Å²) in [5.74, 6) is -0.499. The van der Waals surface area contributed by atoms with Crippen molar-refractivity contribution in [3.63, 3.8) is 0 Å². The summed E-state index contributed by atoms with van der Waals surface area (Å²) < 4.78 is 19.8. The second-order valence-electron chi connectivity index (χ2n) is 4.52. The maximum absolute atomic E-state index is 13.6. The molecule has 0 saturated carbocycles. The number of nitrogens with zero attached hydrogens (tertiary/aromatic N) is 1. The number of carbonyl (C=O) groups is 1. The summed E-state index contributed by atoms with van der Waals surface area (Å²) in [7, 11) is 1.63. The quantitative estimate of drug-likeness (QED) is 0.559. The molecule has 1 unspecified atom stereocenters. The van der Waals surface area contributed by atoms with E-state index < -0.39 is 6.10 Å². The fourth-order valence-corrected chi connectivity index (χ4v) is 2.12. The summed E-state index contributed by atoms with van der Waals surface area (Å²) >= 11 is 3.29. The molecule has 0 heterocycles. The third-order valence-electron chi connectivity index (χ3n) is 2.83. The van der Waals surface area contributed by atoms with Crippen LogP contribution in [0.3, 0.4) is 0 Å². The monoisotopic (exact) mass is 343 g/mol. The van der Waals surface area contributed by atoms with Gasteiger partial charge in [-0.3, -0.25) is 4.79 Å². The lowest BCUT2D eigenvalue weighted by atomic mass is 10.2. The molecule has 1 amide bonds. The zero-order valence-corrected chi connectivity index (χ0v) is 13.3. The van der Waals surface area contributed by atoms with Gasteiger partial charge in [-0.15, -0.1) is 6.58 Å². The van der Waals surface area contributed by atoms with E-state index in [9.17, 15) is 9.18 Å². The highest BCUT2D eigenvalue weighted by Gasteiger charge is 2.19. The van der Waals surface area contributed by atoms with E-state index in [1.807, 2.05) is 0 Å². The molecule has 0 radical (unpaired) electrons. The molecule has 20 heavy (non-hydrogen) atoms. The standard InChI is InChI=1S/C15H19BrFNO2/c1-4-5-8-20-11(2)15(19)18(3)10-12-9-13(16)6-7-14(12)17/h4,6-7,9,11H,1,5,8,10H2,2-3H3. The van der Waals surface area contributed by atoms with Crippen LogP contribution in [0, 0.1) is 5.82 Å². The average Bonchev–Trinajstić information content (AvgIpc) is 2.42. The first-order chi connectivity index (χ1) is 9.45. The fraction of sp³-hybridized carbons (Fsp3) is 0.400. The SMILES string of the molecule is C=CCCOC(C)C(=O)N(C)Cc1cc(Br)ccc1F. The second kappa shape index (κ2) is 8.17. The number of rotatable bonds is 7.